The Morgan fingerprint density at radius 2 is 1.64 bits per heavy atom. The van der Waals surface area contributed by atoms with Gasteiger partial charge in [-0.3, -0.25) is 20.4 Å². The van der Waals surface area contributed by atoms with E-state index in [-0.39, 0.29) is 28.2 Å². The molecule has 2 amide bonds. The molecule has 2 atom stereocenters. The highest BCUT2D eigenvalue weighted by molar-refractivity contribution is 9.10. The van der Waals surface area contributed by atoms with Crippen LogP contribution < -0.4 is 15.6 Å². The molecule has 5 nitrogen and oxygen atoms in total. The lowest BCUT2D eigenvalue weighted by Gasteiger charge is -2.60. The first-order valence-electron chi connectivity index (χ1n) is 10.2. The number of ether oxygens (including phenoxy) is 1. The lowest BCUT2D eigenvalue weighted by Crippen LogP contribution is -2.55. The highest BCUT2D eigenvalue weighted by atomic mass is 79.9. The molecule has 0 aliphatic heterocycles. The quantitative estimate of drug-likeness (QED) is 0.529. The van der Waals surface area contributed by atoms with Crippen molar-refractivity contribution in [3.05, 3.63) is 29.3 Å². The van der Waals surface area contributed by atoms with Crippen LogP contribution in [0.2, 0.25) is 0 Å². The van der Waals surface area contributed by atoms with Crippen LogP contribution in [0.25, 0.3) is 0 Å². The molecule has 4 saturated carbocycles. The van der Waals surface area contributed by atoms with Crippen molar-refractivity contribution in [1.82, 2.24) is 10.9 Å². The molecule has 152 valence electrons. The Bertz CT molecular complexity index is 760. The second-order valence-corrected chi connectivity index (χ2v) is 11.2. The van der Waals surface area contributed by atoms with Crippen molar-refractivity contribution in [2.75, 3.05) is 6.61 Å². The van der Waals surface area contributed by atoms with Crippen LogP contribution in [-0.4, -0.2) is 22.7 Å². The van der Waals surface area contributed by atoms with Crippen LogP contribution in [0.1, 0.15) is 56.1 Å². The molecule has 0 radical (unpaired) electrons. The molecule has 2 unspecified atom stereocenters. The van der Waals surface area contributed by atoms with Gasteiger partial charge in [0.05, 0.1) is 0 Å². The van der Waals surface area contributed by atoms with Crippen LogP contribution in [0.15, 0.2) is 18.2 Å². The van der Waals surface area contributed by atoms with E-state index in [1.807, 2.05) is 26.0 Å². The van der Waals surface area contributed by atoms with E-state index in [1.165, 1.54) is 19.3 Å². The smallest absolute Gasteiger partial charge is 0.276 e. The van der Waals surface area contributed by atoms with Crippen molar-refractivity contribution in [2.24, 2.45) is 17.3 Å². The van der Waals surface area contributed by atoms with Gasteiger partial charge in [0.2, 0.25) is 5.91 Å². The molecule has 6 heteroatoms. The van der Waals surface area contributed by atoms with E-state index >= 15 is 0 Å². The fourth-order valence-corrected chi connectivity index (χ4v) is 7.78. The Hall–Kier alpha value is -1.56. The number of amides is 2. The first-order chi connectivity index (χ1) is 13.2. The number of benzene rings is 1. The van der Waals surface area contributed by atoms with Crippen molar-refractivity contribution in [3.8, 4) is 5.75 Å². The third-order valence-electron chi connectivity index (χ3n) is 6.55. The van der Waals surface area contributed by atoms with E-state index in [4.69, 9.17) is 4.74 Å². The Morgan fingerprint density at radius 3 is 2.25 bits per heavy atom. The second-order valence-electron chi connectivity index (χ2n) is 9.50. The third kappa shape index (κ3) is 4.37. The largest absolute Gasteiger partial charge is 0.484 e. The van der Waals surface area contributed by atoms with Gasteiger partial charge in [-0.05, 0) is 92.9 Å². The maximum absolute atomic E-state index is 12.5. The predicted octanol–water partition coefficient (Wildman–Crippen LogP) is 3.95. The summed E-state index contributed by atoms with van der Waals surface area (Å²) in [6.07, 6.45) is 7.68. The van der Waals surface area contributed by atoms with E-state index in [0.29, 0.717) is 12.2 Å². The normalized spacial score (nSPS) is 32.8. The van der Waals surface area contributed by atoms with Crippen molar-refractivity contribution in [2.45, 2.75) is 63.1 Å². The van der Waals surface area contributed by atoms with E-state index in [2.05, 4.69) is 32.8 Å². The van der Waals surface area contributed by atoms with Gasteiger partial charge in [-0.25, -0.2) is 0 Å². The summed E-state index contributed by atoms with van der Waals surface area (Å²) in [6.45, 7) is 3.85. The van der Waals surface area contributed by atoms with Crippen molar-refractivity contribution in [3.63, 3.8) is 0 Å². The molecule has 28 heavy (non-hydrogen) atoms. The third-order valence-corrected chi connectivity index (χ3v) is 7.48. The van der Waals surface area contributed by atoms with Gasteiger partial charge in [0.15, 0.2) is 6.61 Å². The summed E-state index contributed by atoms with van der Waals surface area (Å²) < 4.78 is 5.78. The summed E-state index contributed by atoms with van der Waals surface area (Å²) in [6, 6.07) is 5.83. The fourth-order valence-electron chi connectivity index (χ4n) is 6.27. The SMILES string of the molecule is Cc1cc(C)cc(OCC(=O)NNC(=O)CC23CC4CC(CC(Br)(C4)C2)C3)c1. The summed E-state index contributed by atoms with van der Waals surface area (Å²) in [7, 11) is 0. The zero-order chi connectivity index (χ0) is 19.9. The van der Waals surface area contributed by atoms with Gasteiger partial charge in [-0.15, -0.1) is 0 Å². The van der Waals surface area contributed by atoms with Crippen LogP contribution in [0.5, 0.6) is 5.75 Å². The summed E-state index contributed by atoms with van der Waals surface area (Å²) in [5.41, 5.74) is 7.36. The topological polar surface area (TPSA) is 67.4 Å². The number of alkyl halides is 1. The molecule has 4 aliphatic carbocycles. The predicted molar refractivity (Wildman–Crippen MR) is 111 cm³/mol. The Kier molecular flexibility index (Phi) is 5.19. The number of rotatable bonds is 5. The zero-order valence-electron chi connectivity index (χ0n) is 16.6. The maximum atomic E-state index is 12.5. The van der Waals surface area contributed by atoms with Gasteiger partial charge in [0.1, 0.15) is 5.75 Å². The molecule has 0 saturated heterocycles. The summed E-state index contributed by atoms with van der Waals surface area (Å²) in [5, 5.41) is 0. The van der Waals surface area contributed by atoms with Crippen LogP contribution >= 0.6 is 15.9 Å². The molecular weight excluding hydrogens is 420 g/mol. The molecular formula is C22H29BrN2O3. The molecule has 4 aliphatic rings. The zero-order valence-corrected chi connectivity index (χ0v) is 18.2. The van der Waals surface area contributed by atoms with E-state index in [1.54, 1.807) is 0 Å². The van der Waals surface area contributed by atoms with Gasteiger partial charge >= 0.3 is 0 Å². The van der Waals surface area contributed by atoms with E-state index in [0.717, 1.165) is 42.2 Å². The van der Waals surface area contributed by atoms with E-state index < -0.39 is 0 Å². The first kappa shape index (κ1) is 19.7. The van der Waals surface area contributed by atoms with Gasteiger partial charge in [0, 0.05) is 10.7 Å². The summed E-state index contributed by atoms with van der Waals surface area (Å²) in [4.78, 5) is 24.6. The van der Waals surface area contributed by atoms with Gasteiger partial charge in [0.25, 0.3) is 5.91 Å². The molecule has 1 aromatic rings. The average Bonchev–Trinajstić information content (AvgIpc) is 2.54. The number of nitrogens with one attached hydrogen (secondary N) is 2. The van der Waals surface area contributed by atoms with Gasteiger partial charge < -0.3 is 4.74 Å². The first-order valence-corrected chi connectivity index (χ1v) is 11.0. The Balaban J connectivity index is 1.25. The molecule has 5 rings (SSSR count). The number of hydrogen-bond donors (Lipinski definition) is 2. The number of aryl methyl sites for hydroxylation is 2. The lowest BCUT2D eigenvalue weighted by molar-refractivity contribution is -0.134. The Labute approximate surface area is 175 Å². The monoisotopic (exact) mass is 448 g/mol. The van der Waals surface area contributed by atoms with Crippen LogP contribution in [0.3, 0.4) is 0 Å². The van der Waals surface area contributed by atoms with E-state index in [9.17, 15) is 9.59 Å². The van der Waals surface area contributed by atoms with Crippen LogP contribution in [-0.2, 0) is 9.59 Å². The highest BCUT2D eigenvalue weighted by Crippen LogP contribution is 2.65. The highest BCUT2D eigenvalue weighted by Gasteiger charge is 2.57. The van der Waals surface area contributed by atoms with Crippen LogP contribution in [0.4, 0.5) is 0 Å². The van der Waals surface area contributed by atoms with Gasteiger partial charge in [-0.2, -0.15) is 0 Å². The minimum Gasteiger partial charge on any atom is -0.484 e. The number of hydrazine groups is 1. The lowest BCUT2D eigenvalue weighted by atomic mass is 9.48. The van der Waals surface area contributed by atoms with Gasteiger partial charge in [-0.1, -0.05) is 22.0 Å². The standard InChI is InChI=1S/C22H29BrN2O3/c1-14-3-15(2)5-18(4-14)28-12-20(27)25-24-19(26)11-21-7-16-6-17(8-21)10-22(23,9-16)13-21/h3-5,16-17H,6-13H2,1-2H3,(H,24,26)(H,25,27). The molecule has 0 heterocycles. The Morgan fingerprint density at radius 1 is 1.04 bits per heavy atom. The summed E-state index contributed by atoms with van der Waals surface area (Å²) >= 11 is 3.98. The number of carbonyl (C=O) groups is 2. The number of halogens is 1. The molecule has 0 spiro atoms. The molecule has 0 aromatic heterocycles. The average molecular weight is 449 g/mol. The number of hydrogen-bond acceptors (Lipinski definition) is 3. The fraction of sp³-hybridized carbons (Fsp3) is 0.636. The number of carbonyl (C=O) groups excluding carboxylic acids is 2. The van der Waals surface area contributed by atoms with Crippen LogP contribution in [0, 0.1) is 31.1 Å². The molecule has 1 aromatic carbocycles. The molecule has 2 N–H and O–H groups in total. The second kappa shape index (κ2) is 7.36. The molecule has 4 fully saturated rings. The maximum Gasteiger partial charge on any atom is 0.276 e. The van der Waals surface area contributed by atoms with Crippen molar-refractivity contribution >= 4 is 27.7 Å². The minimum atomic E-state index is -0.352. The molecule has 4 bridgehead atoms. The summed E-state index contributed by atoms with van der Waals surface area (Å²) in [5.74, 6) is 1.70. The minimum absolute atomic E-state index is 0.0952. The van der Waals surface area contributed by atoms with Crippen molar-refractivity contribution in [1.29, 1.82) is 0 Å². The van der Waals surface area contributed by atoms with Crippen molar-refractivity contribution < 1.29 is 14.3 Å².